The SMILES string of the molecule is Cc1c(Cl)cccc1NS(=O)(=O)c1ccc(NC(=O)[C@H](C)Oc2ccccc2)cc1. The number of hydrogen-bond donors (Lipinski definition) is 2. The highest BCUT2D eigenvalue weighted by Crippen LogP contribution is 2.26. The van der Waals surface area contributed by atoms with E-state index >= 15 is 0 Å². The Balaban J connectivity index is 1.66. The van der Waals surface area contributed by atoms with Crippen molar-refractivity contribution in [2.75, 3.05) is 10.0 Å². The highest BCUT2D eigenvalue weighted by atomic mass is 35.5. The van der Waals surface area contributed by atoms with Crippen molar-refractivity contribution in [2.24, 2.45) is 0 Å². The number of carbonyl (C=O) groups is 1. The summed E-state index contributed by atoms with van der Waals surface area (Å²) in [7, 11) is -3.80. The zero-order valence-corrected chi connectivity index (χ0v) is 18.0. The summed E-state index contributed by atoms with van der Waals surface area (Å²) in [6.45, 7) is 3.37. The average molecular weight is 445 g/mol. The first-order valence-electron chi connectivity index (χ1n) is 9.17. The number of hydrogen-bond acceptors (Lipinski definition) is 4. The monoisotopic (exact) mass is 444 g/mol. The average Bonchev–Trinajstić information content (AvgIpc) is 2.72. The van der Waals surface area contributed by atoms with Gasteiger partial charge in [0.25, 0.3) is 15.9 Å². The van der Waals surface area contributed by atoms with E-state index in [-0.39, 0.29) is 10.8 Å². The maximum Gasteiger partial charge on any atom is 0.265 e. The highest BCUT2D eigenvalue weighted by molar-refractivity contribution is 7.92. The van der Waals surface area contributed by atoms with Crippen LogP contribution < -0.4 is 14.8 Å². The van der Waals surface area contributed by atoms with Crippen LogP contribution >= 0.6 is 11.6 Å². The lowest BCUT2D eigenvalue weighted by molar-refractivity contribution is -0.122. The smallest absolute Gasteiger partial charge is 0.265 e. The molecule has 0 bridgehead atoms. The van der Waals surface area contributed by atoms with E-state index in [2.05, 4.69) is 10.0 Å². The molecule has 0 aliphatic rings. The molecular formula is C22H21ClN2O4S. The van der Waals surface area contributed by atoms with Crippen molar-refractivity contribution < 1.29 is 17.9 Å². The van der Waals surface area contributed by atoms with Crippen molar-refractivity contribution in [1.82, 2.24) is 0 Å². The largest absolute Gasteiger partial charge is 0.481 e. The van der Waals surface area contributed by atoms with Crippen LogP contribution in [0.4, 0.5) is 11.4 Å². The van der Waals surface area contributed by atoms with Gasteiger partial charge in [0, 0.05) is 10.7 Å². The van der Waals surface area contributed by atoms with E-state index in [0.29, 0.717) is 27.7 Å². The Bertz CT molecular complexity index is 1130. The third-order valence-corrected chi connectivity index (χ3v) is 6.16. The quantitative estimate of drug-likeness (QED) is 0.545. The molecule has 8 heteroatoms. The molecule has 156 valence electrons. The first-order valence-corrected chi connectivity index (χ1v) is 11.0. The topological polar surface area (TPSA) is 84.5 Å². The first-order chi connectivity index (χ1) is 14.3. The maximum atomic E-state index is 12.6. The molecule has 0 heterocycles. The summed E-state index contributed by atoms with van der Waals surface area (Å²) in [5.74, 6) is 0.242. The molecule has 1 amide bonds. The Labute approximate surface area is 180 Å². The fourth-order valence-electron chi connectivity index (χ4n) is 2.64. The van der Waals surface area contributed by atoms with Crippen LogP contribution in [0.1, 0.15) is 12.5 Å². The Hall–Kier alpha value is -3.03. The number of halogens is 1. The van der Waals surface area contributed by atoms with Crippen LogP contribution in [0.2, 0.25) is 5.02 Å². The highest BCUT2D eigenvalue weighted by Gasteiger charge is 2.18. The van der Waals surface area contributed by atoms with E-state index in [0.717, 1.165) is 0 Å². The molecule has 1 atom stereocenters. The van der Waals surface area contributed by atoms with E-state index in [4.69, 9.17) is 16.3 Å². The summed E-state index contributed by atoms with van der Waals surface area (Å²) in [4.78, 5) is 12.4. The number of anilines is 2. The van der Waals surface area contributed by atoms with Gasteiger partial charge in [-0.15, -0.1) is 0 Å². The van der Waals surface area contributed by atoms with E-state index in [1.54, 1.807) is 44.2 Å². The zero-order valence-electron chi connectivity index (χ0n) is 16.4. The standard InChI is InChI=1S/C22H21ClN2O4S/c1-15-20(23)9-6-10-21(15)25-30(27,28)19-13-11-17(12-14-19)24-22(26)16(2)29-18-7-4-3-5-8-18/h3-14,16,25H,1-2H3,(H,24,26)/t16-/m0/s1. The second-order valence-corrected chi connectivity index (χ2v) is 8.69. The maximum absolute atomic E-state index is 12.6. The van der Waals surface area contributed by atoms with Crippen LogP contribution in [0.15, 0.2) is 77.7 Å². The Morgan fingerprint density at radius 3 is 2.30 bits per heavy atom. The van der Waals surface area contributed by atoms with Gasteiger partial charge in [0.05, 0.1) is 10.6 Å². The van der Waals surface area contributed by atoms with Crippen LogP contribution in [-0.4, -0.2) is 20.4 Å². The van der Waals surface area contributed by atoms with Crippen LogP contribution in [0.3, 0.4) is 0 Å². The number of benzene rings is 3. The van der Waals surface area contributed by atoms with E-state index in [1.165, 1.54) is 24.3 Å². The summed E-state index contributed by atoms with van der Waals surface area (Å²) < 4.78 is 33.4. The van der Waals surface area contributed by atoms with Gasteiger partial charge >= 0.3 is 0 Å². The summed E-state index contributed by atoms with van der Waals surface area (Å²) in [5, 5.41) is 3.18. The van der Waals surface area contributed by atoms with Crippen molar-refractivity contribution in [3.8, 4) is 5.75 Å². The fraction of sp³-hybridized carbons (Fsp3) is 0.136. The van der Waals surface area contributed by atoms with Gasteiger partial charge in [0.15, 0.2) is 6.10 Å². The van der Waals surface area contributed by atoms with Gasteiger partial charge < -0.3 is 10.1 Å². The predicted molar refractivity (Wildman–Crippen MR) is 119 cm³/mol. The molecule has 30 heavy (non-hydrogen) atoms. The minimum absolute atomic E-state index is 0.0634. The Morgan fingerprint density at radius 1 is 0.967 bits per heavy atom. The Kier molecular flexibility index (Phi) is 6.64. The summed E-state index contributed by atoms with van der Waals surface area (Å²) in [5.41, 5.74) is 1.51. The molecule has 3 aromatic carbocycles. The van der Waals surface area contributed by atoms with Crippen molar-refractivity contribution >= 4 is 38.9 Å². The molecule has 0 spiro atoms. The lowest BCUT2D eigenvalue weighted by Crippen LogP contribution is -2.30. The van der Waals surface area contributed by atoms with Gasteiger partial charge in [-0.05, 0) is 67.9 Å². The van der Waals surface area contributed by atoms with Gasteiger partial charge in [-0.25, -0.2) is 8.42 Å². The third kappa shape index (κ3) is 5.31. The van der Waals surface area contributed by atoms with Gasteiger partial charge in [-0.3, -0.25) is 9.52 Å². The molecular weight excluding hydrogens is 424 g/mol. The van der Waals surface area contributed by atoms with E-state index in [1.807, 2.05) is 18.2 Å². The molecule has 0 fully saturated rings. The van der Waals surface area contributed by atoms with Gasteiger partial charge in [0.2, 0.25) is 0 Å². The van der Waals surface area contributed by atoms with Crippen LogP contribution in [-0.2, 0) is 14.8 Å². The molecule has 0 radical (unpaired) electrons. The second kappa shape index (κ2) is 9.19. The summed E-state index contributed by atoms with van der Waals surface area (Å²) in [6.07, 6.45) is -0.719. The number of nitrogens with one attached hydrogen (secondary N) is 2. The van der Waals surface area contributed by atoms with Crippen molar-refractivity contribution in [3.05, 3.63) is 83.4 Å². The minimum atomic E-state index is -3.80. The van der Waals surface area contributed by atoms with Crippen molar-refractivity contribution in [2.45, 2.75) is 24.8 Å². The van der Waals surface area contributed by atoms with Crippen LogP contribution in [0, 0.1) is 6.92 Å². The summed E-state index contributed by atoms with van der Waals surface area (Å²) >= 11 is 6.05. The summed E-state index contributed by atoms with van der Waals surface area (Å²) in [6, 6.07) is 19.9. The van der Waals surface area contributed by atoms with Gasteiger partial charge in [0.1, 0.15) is 5.75 Å². The third-order valence-electron chi connectivity index (χ3n) is 4.37. The lowest BCUT2D eigenvalue weighted by Gasteiger charge is -2.15. The lowest BCUT2D eigenvalue weighted by atomic mass is 10.2. The van der Waals surface area contributed by atoms with Crippen molar-refractivity contribution in [3.63, 3.8) is 0 Å². The molecule has 0 aromatic heterocycles. The number of carbonyl (C=O) groups excluding carboxylic acids is 1. The van der Waals surface area contributed by atoms with E-state index < -0.39 is 16.1 Å². The number of rotatable bonds is 7. The number of para-hydroxylation sites is 1. The van der Waals surface area contributed by atoms with E-state index in [9.17, 15) is 13.2 Å². The molecule has 6 nitrogen and oxygen atoms in total. The molecule has 3 rings (SSSR count). The molecule has 0 aliphatic carbocycles. The van der Waals surface area contributed by atoms with Gasteiger partial charge in [-0.1, -0.05) is 35.9 Å². The van der Waals surface area contributed by atoms with Gasteiger partial charge in [-0.2, -0.15) is 0 Å². The predicted octanol–water partition coefficient (Wildman–Crippen LogP) is 4.86. The first kappa shape index (κ1) is 21.7. The fourth-order valence-corrected chi connectivity index (χ4v) is 3.94. The molecule has 0 unspecified atom stereocenters. The van der Waals surface area contributed by atoms with Crippen LogP contribution in [0.5, 0.6) is 5.75 Å². The number of ether oxygens (including phenoxy) is 1. The van der Waals surface area contributed by atoms with Crippen LogP contribution in [0.25, 0.3) is 0 Å². The zero-order chi connectivity index (χ0) is 21.7. The molecule has 2 N–H and O–H groups in total. The second-order valence-electron chi connectivity index (χ2n) is 6.60. The number of amides is 1. The molecule has 0 saturated carbocycles. The molecule has 0 aliphatic heterocycles. The van der Waals surface area contributed by atoms with Crippen molar-refractivity contribution in [1.29, 1.82) is 0 Å². The molecule has 3 aromatic rings. The minimum Gasteiger partial charge on any atom is -0.481 e. The normalized spacial score (nSPS) is 12.1. The molecule has 0 saturated heterocycles. The number of sulfonamides is 1. The Morgan fingerprint density at radius 2 is 1.63 bits per heavy atom.